The van der Waals surface area contributed by atoms with Crippen LogP contribution >= 0.6 is 0 Å². The maximum atomic E-state index is 13.5. The van der Waals surface area contributed by atoms with Crippen molar-refractivity contribution in [3.63, 3.8) is 0 Å². The third kappa shape index (κ3) is 2.98. The summed E-state index contributed by atoms with van der Waals surface area (Å²) in [6, 6.07) is 9.62. The highest BCUT2D eigenvalue weighted by atomic mass is 19.1. The van der Waals surface area contributed by atoms with Crippen molar-refractivity contribution in [2.24, 2.45) is 0 Å². The average Bonchev–Trinajstić information content (AvgIpc) is 3.02. The van der Waals surface area contributed by atoms with Gasteiger partial charge >= 0.3 is 0 Å². The van der Waals surface area contributed by atoms with E-state index in [1.165, 1.54) is 6.07 Å². The van der Waals surface area contributed by atoms with Crippen LogP contribution in [0.25, 0.3) is 5.52 Å². The number of hydrogen-bond donors (Lipinski definition) is 1. The number of carbonyl (C=O) groups excluding carboxylic acids is 1. The van der Waals surface area contributed by atoms with Gasteiger partial charge in [0.25, 0.3) is 5.56 Å². The maximum Gasteiger partial charge on any atom is 0.291 e. The van der Waals surface area contributed by atoms with Gasteiger partial charge in [-0.3, -0.25) is 14.0 Å². The molecule has 0 saturated heterocycles. The van der Waals surface area contributed by atoms with E-state index in [-0.39, 0.29) is 24.5 Å². The molecule has 3 aromatic rings. The Balaban J connectivity index is 1.74. The number of rotatable bonds is 4. The Morgan fingerprint density at radius 2 is 2.04 bits per heavy atom. The Hall–Kier alpha value is -2.96. The molecule has 0 aliphatic rings. The third-order valence-corrected chi connectivity index (χ3v) is 3.54. The fraction of sp³-hybridized carbons (Fsp3) is 0.188. The monoisotopic (exact) mass is 314 g/mol. The minimum Gasteiger partial charge on any atom is -0.350 e. The third-order valence-electron chi connectivity index (χ3n) is 3.54. The van der Waals surface area contributed by atoms with Gasteiger partial charge in [-0.25, -0.2) is 9.07 Å². The van der Waals surface area contributed by atoms with Gasteiger partial charge in [0, 0.05) is 18.3 Å². The number of aromatic nitrogens is 3. The van der Waals surface area contributed by atoms with Crippen LogP contribution in [0.4, 0.5) is 4.39 Å². The summed E-state index contributed by atoms with van der Waals surface area (Å²) in [5, 5.41) is 6.71. The molecule has 0 aliphatic carbocycles. The lowest BCUT2D eigenvalue weighted by molar-refractivity contribution is -0.122. The SMILES string of the molecule is Cc1nn(CC(=O)NCc2ccccc2F)c(=O)c2cccn12. The van der Waals surface area contributed by atoms with Crippen molar-refractivity contribution >= 4 is 11.4 Å². The van der Waals surface area contributed by atoms with Crippen LogP contribution in [0.5, 0.6) is 0 Å². The summed E-state index contributed by atoms with van der Waals surface area (Å²) in [5.41, 5.74) is 0.500. The highest BCUT2D eigenvalue weighted by molar-refractivity contribution is 5.75. The van der Waals surface area contributed by atoms with E-state index in [1.54, 1.807) is 47.9 Å². The fourth-order valence-electron chi connectivity index (χ4n) is 2.37. The molecule has 2 aromatic heterocycles. The number of nitrogens with zero attached hydrogens (tertiary/aromatic N) is 3. The van der Waals surface area contributed by atoms with Crippen molar-refractivity contribution in [3.8, 4) is 0 Å². The van der Waals surface area contributed by atoms with Gasteiger partial charge in [-0.05, 0) is 25.1 Å². The van der Waals surface area contributed by atoms with Gasteiger partial charge in [-0.2, -0.15) is 5.10 Å². The lowest BCUT2D eigenvalue weighted by Gasteiger charge is -2.09. The number of fused-ring (bicyclic) bond motifs is 1. The summed E-state index contributed by atoms with van der Waals surface area (Å²) in [5.74, 6) is -0.182. The Morgan fingerprint density at radius 3 is 2.83 bits per heavy atom. The van der Waals surface area contributed by atoms with Gasteiger partial charge in [-0.1, -0.05) is 18.2 Å². The molecule has 0 fully saturated rings. The minimum atomic E-state index is -0.404. The standard InChI is InChI=1S/C16H15FN4O2/c1-11-19-21(16(23)14-7-4-8-20(11)14)10-15(22)18-9-12-5-2-3-6-13(12)17/h2-8H,9-10H2,1H3,(H,18,22). The summed E-state index contributed by atoms with van der Waals surface area (Å²) in [6.07, 6.45) is 1.74. The Labute approximate surface area is 131 Å². The smallest absolute Gasteiger partial charge is 0.291 e. The minimum absolute atomic E-state index is 0.0621. The molecule has 118 valence electrons. The predicted molar refractivity (Wildman–Crippen MR) is 82.4 cm³/mol. The molecule has 1 N–H and O–H groups in total. The van der Waals surface area contributed by atoms with Crippen molar-refractivity contribution < 1.29 is 9.18 Å². The van der Waals surface area contributed by atoms with Crippen LogP contribution < -0.4 is 10.9 Å². The molecule has 3 rings (SSSR count). The normalized spacial score (nSPS) is 10.9. The molecule has 2 heterocycles. The first-order chi connectivity index (χ1) is 11.1. The highest BCUT2D eigenvalue weighted by Crippen LogP contribution is 2.05. The number of aryl methyl sites for hydroxylation is 1. The number of nitrogens with one attached hydrogen (secondary N) is 1. The average molecular weight is 314 g/mol. The van der Waals surface area contributed by atoms with Gasteiger partial charge in [0.05, 0.1) is 0 Å². The predicted octanol–water partition coefficient (Wildman–Crippen LogP) is 1.26. The highest BCUT2D eigenvalue weighted by Gasteiger charge is 2.11. The summed E-state index contributed by atoms with van der Waals surface area (Å²) in [7, 11) is 0. The topological polar surface area (TPSA) is 68.4 Å². The van der Waals surface area contributed by atoms with Crippen LogP contribution in [0.15, 0.2) is 47.4 Å². The number of amides is 1. The Kier molecular flexibility index (Phi) is 3.92. The van der Waals surface area contributed by atoms with E-state index in [1.807, 2.05) is 0 Å². The molecule has 0 spiro atoms. The molecule has 0 aliphatic heterocycles. The lowest BCUT2D eigenvalue weighted by Crippen LogP contribution is -2.34. The zero-order chi connectivity index (χ0) is 16.4. The lowest BCUT2D eigenvalue weighted by atomic mass is 10.2. The molecular weight excluding hydrogens is 299 g/mol. The number of halogens is 1. The molecule has 7 heteroatoms. The zero-order valence-electron chi connectivity index (χ0n) is 12.5. The van der Waals surface area contributed by atoms with E-state index in [0.29, 0.717) is 16.9 Å². The zero-order valence-corrected chi connectivity index (χ0v) is 12.5. The summed E-state index contributed by atoms with van der Waals surface area (Å²) in [6.45, 7) is 1.60. The Bertz CT molecular complexity index is 929. The molecule has 0 unspecified atom stereocenters. The van der Waals surface area contributed by atoms with Crippen LogP contribution in [0.1, 0.15) is 11.4 Å². The van der Waals surface area contributed by atoms with E-state index >= 15 is 0 Å². The molecule has 0 saturated carbocycles. The summed E-state index contributed by atoms with van der Waals surface area (Å²) >= 11 is 0. The molecule has 23 heavy (non-hydrogen) atoms. The summed E-state index contributed by atoms with van der Waals surface area (Å²) < 4.78 is 16.3. The van der Waals surface area contributed by atoms with Crippen LogP contribution in [0, 0.1) is 12.7 Å². The molecule has 0 bridgehead atoms. The van der Waals surface area contributed by atoms with E-state index < -0.39 is 5.91 Å². The fourth-order valence-corrected chi connectivity index (χ4v) is 2.37. The molecule has 0 atom stereocenters. The first-order valence-electron chi connectivity index (χ1n) is 7.11. The Morgan fingerprint density at radius 1 is 1.26 bits per heavy atom. The van der Waals surface area contributed by atoms with Crippen LogP contribution in [0.3, 0.4) is 0 Å². The van der Waals surface area contributed by atoms with E-state index in [0.717, 1.165) is 4.68 Å². The summed E-state index contributed by atoms with van der Waals surface area (Å²) in [4.78, 5) is 24.2. The maximum absolute atomic E-state index is 13.5. The van der Waals surface area contributed by atoms with Gasteiger partial charge in [0.15, 0.2) is 0 Å². The first kappa shape index (κ1) is 15.0. The largest absolute Gasteiger partial charge is 0.350 e. The van der Waals surface area contributed by atoms with Crippen LogP contribution in [0.2, 0.25) is 0 Å². The van der Waals surface area contributed by atoms with Gasteiger partial charge < -0.3 is 5.32 Å². The van der Waals surface area contributed by atoms with Gasteiger partial charge in [0.1, 0.15) is 23.7 Å². The number of carbonyl (C=O) groups is 1. The number of benzene rings is 1. The second-order valence-corrected chi connectivity index (χ2v) is 5.14. The quantitative estimate of drug-likeness (QED) is 0.788. The van der Waals surface area contributed by atoms with E-state index in [2.05, 4.69) is 10.4 Å². The van der Waals surface area contributed by atoms with Crippen molar-refractivity contribution in [2.45, 2.75) is 20.0 Å². The molecule has 0 radical (unpaired) electrons. The second-order valence-electron chi connectivity index (χ2n) is 5.14. The number of hydrogen-bond acceptors (Lipinski definition) is 3. The van der Waals surface area contributed by atoms with Crippen molar-refractivity contribution in [1.82, 2.24) is 19.5 Å². The molecule has 1 aromatic carbocycles. The van der Waals surface area contributed by atoms with Crippen LogP contribution in [-0.4, -0.2) is 20.1 Å². The second kappa shape index (κ2) is 6.04. The van der Waals surface area contributed by atoms with Crippen molar-refractivity contribution in [1.29, 1.82) is 0 Å². The van der Waals surface area contributed by atoms with Crippen molar-refractivity contribution in [3.05, 3.63) is 70.2 Å². The van der Waals surface area contributed by atoms with E-state index in [9.17, 15) is 14.0 Å². The van der Waals surface area contributed by atoms with Gasteiger partial charge in [0.2, 0.25) is 5.91 Å². The first-order valence-corrected chi connectivity index (χ1v) is 7.11. The molecule has 1 amide bonds. The van der Waals surface area contributed by atoms with Crippen LogP contribution in [-0.2, 0) is 17.9 Å². The van der Waals surface area contributed by atoms with Crippen molar-refractivity contribution in [2.75, 3.05) is 0 Å². The van der Waals surface area contributed by atoms with E-state index in [4.69, 9.17) is 0 Å². The van der Waals surface area contributed by atoms with Gasteiger partial charge in [-0.15, -0.1) is 0 Å². The molecule has 6 nitrogen and oxygen atoms in total. The molecular formula is C16H15FN4O2.